The maximum atomic E-state index is 12.4. The lowest BCUT2D eigenvalue weighted by molar-refractivity contribution is -0.384. The minimum Gasteiger partial charge on any atom is -0.349 e. The number of nitrogens with two attached hydrogens (primary N) is 1. The Morgan fingerprint density at radius 3 is 2.54 bits per heavy atom. The van der Waals surface area contributed by atoms with Crippen molar-refractivity contribution in [1.29, 1.82) is 0 Å². The Balaban J connectivity index is 0.00000169. The molecule has 0 bridgehead atoms. The van der Waals surface area contributed by atoms with Gasteiger partial charge in [-0.2, -0.15) is 0 Å². The Bertz CT molecular complexity index is 746. The fourth-order valence-electron chi connectivity index (χ4n) is 2.96. The van der Waals surface area contributed by atoms with E-state index in [-0.39, 0.29) is 54.1 Å². The summed E-state index contributed by atoms with van der Waals surface area (Å²) in [5.74, 6) is -0.296. The van der Waals surface area contributed by atoms with E-state index in [0.29, 0.717) is 5.69 Å². The molecular formula is C16H21Cl2N5O3. The maximum Gasteiger partial charge on any atom is 0.294 e. The Kier molecular flexibility index (Phi) is 8.01. The molecule has 1 amide bonds. The monoisotopic (exact) mass is 401 g/mol. The van der Waals surface area contributed by atoms with E-state index in [9.17, 15) is 14.9 Å². The Hall–Kier alpha value is -2.16. The van der Waals surface area contributed by atoms with Crippen molar-refractivity contribution in [2.45, 2.75) is 37.8 Å². The Morgan fingerprint density at radius 1 is 1.27 bits per heavy atom. The summed E-state index contributed by atoms with van der Waals surface area (Å²) in [5.41, 5.74) is 6.38. The minimum atomic E-state index is -0.494. The molecule has 10 heteroatoms. The Labute approximate surface area is 163 Å². The van der Waals surface area contributed by atoms with Crippen LogP contribution < -0.4 is 11.1 Å². The quantitative estimate of drug-likeness (QED) is 0.603. The van der Waals surface area contributed by atoms with E-state index >= 15 is 0 Å². The van der Waals surface area contributed by atoms with Gasteiger partial charge in [-0.15, -0.1) is 24.8 Å². The highest BCUT2D eigenvalue weighted by Gasteiger charge is 2.23. The SMILES string of the molecule is Cl.Cl.NC1CCC(NC(=O)c2ccc(-n3ccnc3)c([N+](=O)[O-])c2)CC1. The van der Waals surface area contributed by atoms with Crippen LogP contribution in [0.25, 0.3) is 5.69 Å². The highest BCUT2D eigenvalue weighted by atomic mass is 35.5. The lowest BCUT2D eigenvalue weighted by Gasteiger charge is -2.26. The van der Waals surface area contributed by atoms with Crippen LogP contribution in [0, 0.1) is 10.1 Å². The zero-order valence-electron chi connectivity index (χ0n) is 13.9. The van der Waals surface area contributed by atoms with Gasteiger partial charge in [0.1, 0.15) is 5.69 Å². The summed E-state index contributed by atoms with van der Waals surface area (Å²) >= 11 is 0. The Morgan fingerprint density at radius 2 is 1.96 bits per heavy atom. The van der Waals surface area contributed by atoms with Gasteiger partial charge in [-0.05, 0) is 37.8 Å². The topological polar surface area (TPSA) is 116 Å². The molecule has 1 aliphatic rings. The summed E-state index contributed by atoms with van der Waals surface area (Å²) in [4.78, 5) is 27.1. The number of nitro groups is 1. The number of carbonyl (C=O) groups excluding carboxylic acids is 1. The highest BCUT2D eigenvalue weighted by Crippen LogP contribution is 2.24. The molecule has 1 aromatic carbocycles. The molecule has 0 saturated heterocycles. The van der Waals surface area contributed by atoms with Gasteiger partial charge in [0.15, 0.2) is 0 Å². The van der Waals surface area contributed by atoms with Crippen molar-refractivity contribution in [3.05, 3.63) is 52.6 Å². The second kappa shape index (κ2) is 9.51. The molecule has 8 nitrogen and oxygen atoms in total. The first-order valence-electron chi connectivity index (χ1n) is 7.88. The fourth-order valence-corrected chi connectivity index (χ4v) is 2.96. The number of nitrogens with zero attached hydrogens (tertiary/aromatic N) is 3. The predicted molar refractivity (Wildman–Crippen MR) is 102 cm³/mol. The van der Waals surface area contributed by atoms with Crippen molar-refractivity contribution < 1.29 is 9.72 Å². The maximum absolute atomic E-state index is 12.4. The first-order chi connectivity index (χ1) is 11.5. The zero-order chi connectivity index (χ0) is 17.1. The number of aromatic nitrogens is 2. The molecule has 0 atom stereocenters. The number of amides is 1. The van der Waals surface area contributed by atoms with Gasteiger partial charge < -0.3 is 15.6 Å². The standard InChI is InChI=1S/C16H19N5O3.2ClH/c17-12-2-4-13(5-3-12)19-16(22)11-1-6-14(15(9-11)21(23)24)20-8-7-18-10-20;;/h1,6-10,12-13H,2-5,17H2,(H,19,22);2*1H. The normalized spacial score (nSPS) is 19.0. The first kappa shape index (κ1) is 21.9. The number of carbonyl (C=O) groups is 1. The van der Waals surface area contributed by atoms with Gasteiger partial charge in [0, 0.05) is 36.1 Å². The third-order valence-electron chi connectivity index (χ3n) is 4.32. The van der Waals surface area contributed by atoms with Crippen molar-refractivity contribution in [3.63, 3.8) is 0 Å². The number of hydrogen-bond donors (Lipinski definition) is 2. The summed E-state index contributed by atoms with van der Waals surface area (Å²) in [6.45, 7) is 0. The number of benzene rings is 1. The third-order valence-corrected chi connectivity index (χ3v) is 4.32. The molecule has 0 aliphatic heterocycles. The third kappa shape index (κ3) is 4.94. The van der Waals surface area contributed by atoms with Crippen LogP contribution in [0.4, 0.5) is 5.69 Å². The minimum absolute atomic E-state index is 0. The highest BCUT2D eigenvalue weighted by molar-refractivity contribution is 5.95. The second-order valence-electron chi connectivity index (χ2n) is 6.02. The molecule has 0 radical (unpaired) electrons. The average molecular weight is 402 g/mol. The van der Waals surface area contributed by atoms with Crippen LogP contribution in [0.2, 0.25) is 0 Å². The molecule has 0 unspecified atom stereocenters. The number of rotatable bonds is 4. The van der Waals surface area contributed by atoms with Crippen LogP contribution in [0.5, 0.6) is 0 Å². The van der Waals surface area contributed by atoms with Crippen LogP contribution >= 0.6 is 24.8 Å². The molecular weight excluding hydrogens is 381 g/mol. The van der Waals surface area contributed by atoms with E-state index in [1.165, 1.54) is 18.6 Å². The van der Waals surface area contributed by atoms with Gasteiger partial charge in [0.05, 0.1) is 11.3 Å². The number of imidazole rings is 1. The van der Waals surface area contributed by atoms with E-state index in [1.54, 1.807) is 22.9 Å². The lowest BCUT2D eigenvalue weighted by atomic mass is 9.91. The summed E-state index contributed by atoms with van der Waals surface area (Å²) in [6.07, 6.45) is 8.07. The fraction of sp³-hybridized carbons (Fsp3) is 0.375. The van der Waals surface area contributed by atoms with Gasteiger partial charge in [-0.1, -0.05) is 0 Å². The van der Waals surface area contributed by atoms with Gasteiger partial charge in [-0.25, -0.2) is 4.98 Å². The number of hydrogen-bond acceptors (Lipinski definition) is 5. The number of nitrogens with one attached hydrogen (secondary N) is 1. The van der Waals surface area contributed by atoms with Crippen molar-refractivity contribution in [2.75, 3.05) is 0 Å². The number of halogens is 2. The summed E-state index contributed by atoms with van der Waals surface area (Å²) in [6, 6.07) is 4.73. The molecule has 0 spiro atoms. The van der Waals surface area contributed by atoms with E-state index in [1.807, 2.05) is 0 Å². The van der Waals surface area contributed by atoms with Crippen LogP contribution in [0.15, 0.2) is 36.9 Å². The van der Waals surface area contributed by atoms with Crippen LogP contribution in [-0.4, -0.2) is 32.5 Å². The molecule has 1 aliphatic carbocycles. The smallest absolute Gasteiger partial charge is 0.294 e. The van der Waals surface area contributed by atoms with Gasteiger partial charge in [0.2, 0.25) is 0 Å². The molecule has 1 heterocycles. The molecule has 3 rings (SSSR count). The van der Waals surface area contributed by atoms with E-state index in [2.05, 4.69) is 10.3 Å². The second-order valence-corrected chi connectivity index (χ2v) is 6.02. The van der Waals surface area contributed by atoms with Crippen LogP contribution in [-0.2, 0) is 0 Å². The molecule has 1 fully saturated rings. The molecule has 1 aromatic heterocycles. The lowest BCUT2D eigenvalue weighted by Crippen LogP contribution is -2.40. The van der Waals surface area contributed by atoms with Crippen molar-refractivity contribution in [2.24, 2.45) is 5.73 Å². The summed E-state index contributed by atoms with van der Waals surface area (Å²) in [7, 11) is 0. The molecule has 1 saturated carbocycles. The molecule has 2 aromatic rings. The van der Waals surface area contributed by atoms with Crippen molar-refractivity contribution in [1.82, 2.24) is 14.9 Å². The molecule has 142 valence electrons. The van der Waals surface area contributed by atoms with E-state index in [0.717, 1.165) is 25.7 Å². The molecule has 3 N–H and O–H groups in total. The van der Waals surface area contributed by atoms with Gasteiger partial charge in [-0.3, -0.25) is 14.9 Å². The van der Waals surface area contributed by atoms with E-state index in [4.69, 9.17) is 5.73 Å². The first-order valence-corrected chi connectivity index (χ1v) is 7.88. The van der Waals surface area contributed by atoms with Crippen molar-refractivity contribution in [3.8, 4) is 5.69 Å². The van der Waals surface area contributed by atoms with Gasteiger partial charge >= 0.3 is 0 Å². The zero-order valence-corrected chi connectivity index (χ0v) is 15.5. The predicted octanol–water partition coefficient (Wildman–Crippen LogP) is 2.62. The number of nitro benzene ring substituents is 1. The van der Waals surface area contributed by atoms with Gasteiger partial charge in [0.25, 0.3) is 11.6 Å². The molecule has 26 heavy (non-hydrogen) atoms. The largest absolute Gasteiger partial charge is 0.349 e. The summed E-state index contributed by atoms with van der Waals surface area (Å²) < 4.78 is 1.54. The summed E-state index contributed by atoms with van der Waals surface area (Å²) in [5, 5.41) is 14.3. The van der Waals surface area contributed by atoms with Crippen LogP contribution in [0.3, 0.4) is 0 Å². The van der Waals surface area contributed by atoms with Crippen molar-refractivity contribution >= 4 is 36.4 Å². The van der Waals surface area contributed by atoms with E-state index < -0.39 is 4.92 Å². The van der Waals surface area contributed by atoms with Crippen LogP contribution in [0.1, 0.15) is 36.0 Å². The average Bonchev–Trinajstić information content (AvgIpc) is 3.10.